The van der Waals surface area contributed by atoms with Crippen LogP contribution in [0.25, 0.3) is 0 Å². The molecule has 1 unspecified atom stereocenters. The molecule has 0 saturated heterocycles. The second kappa shape index (κ2) is 5.48. The maximum atomic E-state index is 13.0. The predicted molar refractivity (Wildman–Crippen MR) is 86.4 cm³/mol. The maximum Gasteiger partial charge on any atom is 0.250 e. The normalized spacial score (nSPS) is 20.6. The van der Waals surface area contributed by atoms with E-state index in [4.69, 9.17) is 0 Å². The molecule has 0 bridgehead atoms. The van der Waals surface area contributed by atoms with E-state index in [9.17, 15) is 4.79 Å². The smallest absolute Gasteiger partial charge is 0.250 e. The van der Waals surface area contributed by atoms with Crippen molar-refractivity contribution in [3.8, 4) is 0 Å². The highest BCUT2D eigenvalue weighted by atomic mass is 16.2. The molecule has 3 nitrogen and oxygen atoms in total. The van der Waals surface area contributed by atoms with Crippen LogP contribution in [0.2, 0.25) is 0 Å². The fraction of sp³-hybridized carbons (Fsp3) is 0.316. The van der Waals surface area contributed by atoms with E-state index in [1.54, 1.807) is 0 Å². The van der Waals surface area contributed by atoms with Crippen LogP contribution in [0.3, 0.4) is 0 Å². The lowest BCUT2D eigenvalue weighted by Gasteiger charge is -2.37. The third-order valence-electron chi connectivity index (χ3n) is 4.73. The average Bonchev–Trinajstić information content (AvgIpc) is 3.25. The van der Waals surface area contributed by atoms with Gasteiger partial charge in [0.2, 0.25) is 5.91 Å². The number of carbonyl (C=O) groups is 1. The van der Waals surface area contributed by atoms with E-state index in [-0.39, 0.29) is 11.9 Å². The van der Waals surface area contributed by atoms with Crippen molar-refractivity contribution >= 4 is 5.91 Å². The predicted octanol–water partition coefficient (Wildman–Crippen LogP) is 3.53. The van der Waals surface area contributed by atoms with E-state index < -0.39 is 0 Å². The Balaban J connectivity index is 1.76. The Labute approximate surface area is 130 Å². The summed E-state index contributed by atoms with van der Waals surface area (Å²) in [5, 5.41) is 0. The highest BCUT2D eigenvalue weighted by molar-refractivity contribution is 5.94. The molecule has 112 valence electrons. The molecule has 0 N–H and O–H groups in total. The van der Waals surface area contributed by atoms with Gasteiger partial charge in [-0.3, -0.25) is 4.79 Å². The molecule has 1 amide bonds. The van der Waals surface area contributed by atoms with Crippen LogP contribution in [0.4, 0.5) is 0 Å². The Hall–Kier alpha value is -2.29. The fourth-order valence-electron chi connectivity index (χ4n) is 3.64. The molecule has 22 heavy (non-hydrogen) atoms. The van der Waals surface area contributed by atoms with Gasteiger partial charge < -0.3 is 9.47 Å². The summed E-state index contributed by atoms with van der Waals surface area (Å²) >= 11 is 0. The second-order valence-electron chi connectivity index (χ2n) is 6.06. The minimum absolute atomic E-state index is 0.0268. The van der Waals surface area contributed by atoms with E-state index in [0.29, 0.717) is 0 Å². The van der Waals surface area contributed by atoms with Crippen LogP contribution in [0.1, 0.15) is 36.6 Å². The molecule has 2 heterocycles. The molecule has 0 saturated carbocycles. The lowest BCUT2D eigenvalue weighted by molar-refractivity contribution is -0.129. The van der Waals surface area contributed by atoms with Crippen molar-refractivity contribution in [1.82, 2.24) is 9.47 Å². The van der Waals surface area contributed by atoms with Gasteiger partial charge in [-0.2, -0.15) is 0 Å². The molecule has 0 spiro atoms. The number of fused-ring (bicyclic) bond motifs is 1. The van der Waals surface area contributed by atoms with Gasteiger partial charge in [0.1, 0.15) is 0 Å². The first-order valence-electron chi connectivity index (χ1n) is 8.04. The van der Waals surface area contributed by atoms with Crippen molar-refractivity contribution in [2.45, 2.75) is 31.8 Å². The van der Waals surface area contributed by atoms with Gasteiger partial charge in [-0.15, -0.1) is 0 Å². The summed E-state index contributed by atoms with van der Waals surface area (Å²) in [5.74, 6) is 0.221. The van der Waals surface area contributed by atoms with Gasteiger partial charge in [0.25, 0.3) is 0 Å². The SMILES string of the molecule is O=C(C1=CCCC1)N1CCn2cccc2C1c1ccccc1. The molecular formula is C19H20N2O. The van der Waals surface area contributed by atoms with Gasteiger partial charge in [0.15, 0.2) is 0 Å². The number of hydrogen-bond acceptors (Lipinski definition) is 1. The zero-order chi connectivity index (χ0) is 14.9. The van der Waals surface area contributed by atoms with Gasteiger partial charge in [0, 0.05) is 30.6 Å². The molecule has 0 radical (unpaired) electrons. The number of hydrogen-bond donors (Lipinski definition) is 0. The summed E-state index contributed by atoms with van der Waals surface area (Å²) in [4.78, 5) is 15.0. The Morgan fingerprint density at radius 2 is 1.91 bits per heavy atom. The summed E-state index contributed by atoms with van der Waals surface area (Å²) in [5.41, 5.74) is 3.40. The molecule has 2 aromatic rings. The zero-order valence-corrected chi connectivity index (χ0v) is 12.6. The van der Waals surface area contributed by atoms with Crippen LogP contribution in [-0.4, -0.2) is 21.9 Å². The molecule has 3 heteroatoms. The number of benzene rings is 1. The van der Waals surface area contributed by atoms with Crippen molar-refractivity contribution < 1.29 is 4.79 Å². The van der Waals surface area contributed by atoms with Crippen LogP contribution < -0.4 is 0 Å². The lowest BCUT2D eigenvalue weighted by atomic mass is 9.99. The van der Waals surface area contributed by atoms with Crippen LogP contribution in [-0.2, 0) is 11.3 Å². The second-order valence-corrected chi connectivity index (χ2v) is 6.06. The molecule has 0 fully saturated rings. The molecule has 4 rings (SSSR count). The van der Waals surface area contributed by atoms with Gasteiger partial charge in [-0.05, 0) is 37.0 Å². The standard InChI is InChI=1S/C19H20N2O/c22-19(16-9-4-5-10-16)21-14-13-20-12-6-11-17(20)18(21)15-7-2-1-3-8-15/h1-3,6-9,11-12,18H,4-5,10,13-14H2. The summed E-state index contributed by atoms with van der Waals surface area (Å²) in [6, 6.07) is 14.6. The number of amides is 1. The van der Waals surface area contributed by atoms with Crippen LogP contribution >= 0.6 is 0 Å². The van der Waals surface area contributed by atoms with Gasteiger partial charge in [0.05, 0.1) is 6.04 Å². The summed E-state index contributed by atoms with van der Waals surface area (Å²) in [6.45, 7) is 1.65. The highest BCUT2D eigenvalue weighted by Crippen LogP contribution is 2.34. The number of carbonyl (C=O) groups excluding carboxylic acids is 1. The molecule has 2 aliphatic rings. The van der Waals surface area contributed by atoms with Gasteiger partial charge >= 0.3 is 0 Å². The minimum atomic E-state index is 0.0268. The molecule has 1 aromatic carbocycles. The molecule has 1 aromatic heterocycles. The quantitative estimate of drug-likeness (QED) is 0.831. The van der Waals surface area contributed by atoms with E-state index >= 15 is 0 Å². The Morgan fingerprint density at radius 3 is 2.68 bits per heavy atom. The Morgan fingerprint density at radius 1 is 1.05 bits per heavy atom. The zero-order valence-electron chi connectivity index (χ0n) is 12.6. The molecule has 1 aliphatic carbocycles. The van der Waals surface area contributed by atoms with Crippen molar-refractivity contribution in [3.05, 3.63) is 71.6 Å². The van der Waals surface area contributed by atoms with E-state index in [1.165, 1.54) is 11.3 Å². The van der Waals surface area contributed by atoms with E-state index in [1.807, 2.05) is 6.07 Å². The lowest BCUT2D eigenvalue weighted by Crippen LogP contribution is -2.42. The van der Waals surface area contributed by atoms with Crippen molar-refractivity contribution in [3.63, 3.8) is 0 Å². The van der Waals surface area contributed by atoms with Crippen LogP contribution in [0.15, 0.2) is 60.3 Å². The van der Waals surface area contributed by atoms with Crippen molar-refractivity contribution in [2.24, 2.45) is 0 Å². The topological polar surface area (TPSA) is 25.2 Å². The summed E-state index contributed by atoms with van der Waals surface area (Å²) in [7, 11) is 0. The fourth-order valence-corrected chi connectivity index (χ4v) is 3.64. The summed E-state index contributed by atoms with van der Waals surface area (Å²) in [6.07, 6.45) is 7.32. The van der Waals surface area contributed by atoms with Crippen molar-refractivity contribution in [2.75, 3.05) is 6.54 Å². The number of rotatable bonds is 2. The average molecular weight is 292 g/mol. The third-order valence-corrected chi connectivity index (χ3v) is 4.73. The molecular weight excluding hydrogens is 272 g/mol. The van der Waals surface area contributed by atoms with Gasteiger partial charge in [-0.1, -0.05) is 36.4 Å². The van der Waals surface area contributed by atoms with E-state index in [0.717, 1.165) is 37.9 Å². The van der Waals surface area contributed by atoms with Gasteiger partial charge in [-0.25, -0.2) is 0 Å². The Kier molecular flexibility index (Phi) is 3.34. The van der Waals surface area contributed by atoms with Crippen LogP contribution in [0.5, 0.6) is 0 Å². The largest absolute Gasteiger partial charge is 0.348 e. The molecule has 1 aliphatic heterocycles. The van der Waals surface area contributed by atoms with E-state index in [2.05, 4.69) is 58.1 Å². The molecule has 1 atom stereocenters. The minimum Gasteiger partial charge on any atom is -0.348 e. The monoisotopic (exact) mass is 292 g/mol. The van der Waals surface area contributed by atoms with Crippen molar-refractivity contribution in [1.29, 1.82) is 0 Å². The first-order chi connectivity index (χ1) is 10.8. The first kappa shape index (κ1) is 13.4. The first-order valence-corrected chi connectivity index (χ1v) is 8.04. The maximum absolute atomic E-state index is 13.0. The number of nitrogens with zero attached hydrogens (tertiary/aromatic N) is 2. The van der Waals surface area contributed by atoms with Crippen LogP contribution in [0, 0.1) is 0 Å². The number of allylic oxidation sites excluding steroid dienone is 1. The third kappa shape index (κ3) is 2.17. The number of aromatic nitrogens is 1. The highest BCUT2D eigenvalue weighted by Gasteiger charge is 2.33. The Bertz CT molecular complexity index is 714. The summed E-state index contributed by atoms with van der Waals surface area (Å²) < 4.78 is 2.27.